The van der Waals surface area contributed by atoms with Crippen molar-refractivity contribution in [2.45, 2.75) is 116 Å². The van der Waals surface area contributed by atoms with E-state index in [1.165, 1.54) is 55.0 Å². The SMILES string of the molecule is C=CC(=O)Nc1cc(Nc2nc(-c3ccnc(N4CCn5c(cc6c5CC(C)(C)C6)C4=O)c3CO)cnc2OC)ccc1N1CCN(C2CCN(c3cccc4c3CN(C3CCCCC3)C4=O)CC2)CC1C. The van der Waals surface area contributed by atoms with Crippen molar-refractivity contribution < 1.29 is 24.2 Å². The second-order valence-electron chi connectivity index (χ2n) is 21.4. The number of rotatable bonds is 12. The molecule has 5 aromatic rings. The minimum absolute atomic E-state index is 0.140. The van der Waals surface area contributed by atoms with Gasteiger partial charge in [-0.1, -0.05) is 45.8 Å². The number of carbonyl (C=O) groups is 3. The van der Waals surface area contributed by atoms with Crippen LogP contribution in [-0.4, -0.2) is 117 Å². The molecule has 16 nitrogen and oxygen atoms in total. The van der Waals surface area contributed by atoms with Gasteiger partial charge in [-0.05, 0) is 105 Å². The van der Waals surface area contributed by atoms with Crippen molar-refractivity contribution in [2.24, 2.45) is 5.41 Å². The zero-order chi connectivity index (χ0) is 49.8. The average molecular weight is 974 g/mol. The standard InChI is InChI=1S/C56H67N11O5/c1-6-50(69)60-44-28-37(59-51-53(72-5)58-31-45(61-51)40-17-20-57-52(43(40)34-68)66-26-25-65-48(55(66)71)27-36-29-56(3,4)30-49(36)65)15-16-47(44)64-24-23-63(32-35(64)2)38-18-21-62(22-19-38)46-14-10-13-41-42(46)33-67(54(41)70)39-11-8-7-9-12-39/h6,10,13-17,20,27-28,31,35,38-39,68H,1,7-9,11-12,18-19,21-26,29-30,32-34H2,2-5H3,(H,59,61)(H,60,69). The number of anilines is 6. The number of benzene rings is 2. The lowest BCUT2D eigenvalue weighted by Crippen LogP contribution is -2.57. The van der Waals surface area contributed by atoms with E-state index in [1.54, 1.807) is 23.4 Å². The number of amides is 3. The summed E-state index contributed by atoms with van der Waals surface area (Å²) < 4.78 is 7.85. The van der Waals surface area contributed by atoms with Crippen LogP contribution in [0.25, 0.3) is 11.3 Å². The molecule has 3 fully saturated rings. The Morgan fingerprint density at radius 3 is 2.47 bits per heavy atom. The number of methoxy groups -OCH3 is 1. The maximum Gasteiger partial charge on any atom is 0.276 e. The van der Waals surface area contributed by atoms with Gasteiger partial charge in [0.1, 0.15) is 11.5 Å². The molecule has 376 valence electrons. The van der Waals surface area contributed by atoms with Gasteiger partial charge in [0, 0.05) is 116 Å². The number of nitrogens with zero attached hydrogens (tertiary/aromatic N) is 9. The lowest BCUT2D eigenvalue weighted by atomic mass is 9.90. The minimum atomic E-state index is -0.372. The van der Waals surface area contributed by atoms with Crippen LogP contribution in [0.3, 0.4) is 0 Å². The van der Waals surface area contributed by atoms with E-state index in [2.05, 4.69) is 84.3 Å². The van der Waals surface area contributed by atoms with Crippen molar-refractivity contribution in [3.05, 3.63) is 107 Å². The molecule has 0 bridgehead atoms. The summed E-state index contributed by atoms with van der Waals surface area (Å²) in [7, 11) is 1.53. The number of piperidine rings is 1. The Hall–Kier alpha value is -6.78. The van der Waals surface area contributed by atoms with Gasteiger partial charge in [0.25, 0.3) is 17.7 Å². The molecule has 6 aliphatic rings. The third-order valence-corrected chi connectivity index (χ3v) is 16.3. The molecular weight excluding hydrogens is 907 g/mol. The fourth-order valence-corrected chi connectivity index (χ4v) is 12.7. The lowest BCUT2D eigenvalue weighted by Gasteiger charge is -2.47. The van der Waals surface area contributed by atoms with Crippen LogP contribution in [0, 0.1) is 5.41 Å². The maximum atomic E-state index is 14.1. The van der Waals surface area contributed by atoms with E-state index >= 15 is 0 Å². The summed E-state index contributed by atoms with van der Waals surface area (Å²) in [4.78, 5) is 66.2. The Balaban J connectivity index is 0.777. The van der Waals surface area contributed by atoms with Crippen molar-refractivity contribution in [3.63, 3.8) is 0 Å². The number of pyridine rings is 1. The van der Waals surface area contributed by atoms with Crippen LogP contribution in [0.4, 0.5) is 34.4 Å². The number of fused-ring (bicyclic) bond motifs is 4. The highest BCUT2D eigenvalue weighted by Crippen LogP contribution is 2.42. The number of nitrogens with one attached hydrogen (secondary N) is 2. The summed E-state index contributed by atoms with van der Waals surface area (Å²) in [5, 5.41) is 17.3. The number of carbonyl (C=O) groups excluding carboxylic acids is 3. The third-order valence-electron chi connectivity index (χ3n) is 16.3. The van der Waals surface area contributed by atoms with Crippen LogP contribution in [-0.2, 0) is 37.3 Å². The first-order valence-electron chi connectivity index (χ1n) is 26.0. The number of piperazine rings is 1. The molecule has 2 saturated heterocycles. The number of aliphatic hydroxyl groups excluding tert-OH is 1. The highest BCUT2D eigenvalue weighted by atomic mass is 16.5. The highest BCUT2D eigenvalue weighted by molar-refractivity contribution is 6.06. The first-order valence-corrected chi connectivity index (χ1v) is 26.0. The molecule has 0 spiro atoms. The molecule has 3 N–H and O–H groups in total. The molecule has 0 radical (unpaired) electrons. The molecule has 1 saturated carbocycles. The monoisotopic (exact) mass is 974 g/mol. The Kier molecular flexibility index (Phi) is 12.8. The molecule has 72 heavy (non-hydrogen) atoms. The maximum absolute atomic E-state index is 14.1. The van der Waals surface area contributed by atoms with Crippen LogP contribution in [0.5, 0.6) is 5.88 Å². The molecule has 16 heteroatoms. The first-order chi connectivity index (χ1) is 34.9. The quantitative estimate of drug-likeness (QED) is 0.104. The van der Waals surface area contributed by atoms with Gasteiger partial charge < -0.3 is 39.7 Å². The second kappa shape index (κ2) is 19.3. The van der Waals surface area contributed by atoms with E-state index in [4.69, 9.17) is 9.72 Å². The lowest BCUT2D eigenvalue weighted by molar-refractivity contribution is -0.111. The van der Waals surface area contributed by atoms with E-state index in [9.17, 15) is 19.5 Å². The third kappa shape index (κ3) is 8.75. The molecule has 3 aromatic heterocycles. The summed E-state index contributed by atoms with van der Waals surface area (Å²) in [6, 6.07) is 17.0. The second-order valence-corrected chi connectivity index (χ2v) is 21.4. The van der Waals surface area contributed by atoms with Crippen molar-refractivity contribution in [1.82, 2.24) is 29.3 Å². The molecule has 3 amide bonds. The summed E-state index contributed by atoms with van der Waals surface area (Å²) in [5.74, 6) is 0.727. The van der Waals surface area contributed by atoms with Crippen molar-refractivity contribution in [3.8, 4) is 17.1 Å². The van der Waals surface area contributed by atoms with Crippen LogP contribution in [0.1, 0.15) is 109 Å². The van der Waals surface area contributed by atoms with E-state index < -0.39 is 0 Å². The average Bonchev–Trinajstić information content (AvgIpc) is 4.03. The Labute approximate surface area is 422 Å². The fourth-order valence-electron chi connectivity index (χ4n) is 12.7. The summed E-state index contributed by atoms with van der Waals surface area (Å²) in [6.07, 6.45) is 14.4. The van der Waals surface area contributed by atoms with Gasteiger partial charge in [-0.3, -0.25) is 24.2 Å². The predicted molar refractivity (Wildman–Crippen MR) is 280 cm³/mol. The van der Waals surface area contributed by atoms with Crippen LogP contribution in [0.15, 0.2) is 73.6 Å². The molecule has 1 unspecified atom stereocenters. The number of hydrogen-bond acceptors (Lipinski definition) is 12. The predicted octanol–water partition coefficient (Wildman–Crippen LogP) is 7.96. The van der Waals surface area contributed by atoms with Crippen LogP contribution in [0.2, 0.25) is 0 Å². The number of hydrogen-bond donors (Lipinski definition) is 3. The van der Waals surface area contributed by atoms with E-state index in [-0.39, 0.29) is 41.7 Å². The van der Waals surface area contributed by atoms with Gasteiger partial charge in [0.2, 0.25) is 5.91 Å². The van der Waals surface area contributed by atoms with Gasteiger partial charge in [0.15, 0.2) is 5.82 Å². The smallest absolute Gasteiger partial charge is 0.276 e. The topological polar surface area (TPSA) is 165 Å². The van der Waals surface area contributed by atoms with Gasteiger partial charge >= 0.3 is 0 Å². The summed E-state index contributed by atoms with van der Waals surface area (Å²) >= 11 is 0. The van der Waals surface area contributed by atoms with E-state index in [0.717, 1.165) is 89.0 Å². The molecule has 2 aliphatic carbocycles. The first kappa shape index (κ1) is 47.5. The Morgan fingerprint density at radius 2 is 1.71 bits per heavy atom. The number of ether oxygens (including phenoxy) is 1. The molecule has 4 aliphatic heterocycles. The number of aromatic nitrogens is 4. The largest absolute Gasteiger partial charge is 0.478 e. The molecule has 11 rings (SSSR count). The van der Waals surface area contributed by atoms with Crippen molar-refractivity contribution in [1.29, 1.82) is 0 Å². The van der Waals surface area contributed by atoms with Crippen LogP contribution < -0.4 is 30.1 Å². The molecule has 2 aromatic carbocycles. The fraction of sp³-hybridized carbons (Fsp3) is 0.464. The minimum Gasteiger partial charge on any atom is -0.478 e. The van der Waals surface area contributed by atoms with Gasteiger partial charge in [0.05, 0.1) is 37.0 Å². The van der Waals surface area contributed by atoms with Gasteiger partial charge in [-0.25, -0.2) is 15.0 Å². The van der Waals surface area contributed by atoms with E-state index in [1.807, 2.05) is 30.3 Å². The normalized spacial score (nSPS) is 20.4. The number of aliphatic hydroxyl groups is 1. The van der Waals surface area contributed by atoms with Gasteiger partial charge in [-0.15, -0.1) is 0 Å². The van der Waals surface area contributed by atoms with E-state index in [0.29, 0.717) is 70.7 Å². The molecule has 7 heterocycles. The summed E-state index contributed by atoms with van der Waals surface area (Å²) in [6.45, 7) is 16.4. The Morgan fingerprint density at radius 1 is 0.889 bits per heavy atom. The highest BCUT2D eigenvalue weighted by Gasteiger charge is 2.39. The Bertz CT molecular complexity index is 2940. The molecular formula is C56H67N11O5. The van der Waals surface area contributed by atoms with Crippen molar-refractivity contribution >= 4 is 52.1 Å². The zero-order valence-corrected chi connectivity index (χ0v) is 42.1. The zero-order valence-electron chi connectivity index (χ0n) is 42.1. The molecule has 1 atom stereocenters. The van der Waals surface area contributed by atoms with Gasteiger partial charge in [-0.2, -0.15) is 0 Å². The van der Waals surface area contributed by atoms with Crippen molar-refractivity contribution in [2.75, 3.05) is 71.7 Å². The summed E-state index contributed by atoms with van der Waals surface area (Å²) in [5.41, 5.74) is 10.3. The van der Waals surface area contributed by atoms with Crippen LogP contribution >= 0.6 is 0 Å².